The van der Waals surface area contributed by atoms with Crippen LogP contribution in [0.15, 0.2) is 42.6 Å². The summed E-state index contributed by atoms with van der Waals surface area (Å²) < 4.78 is 57.6. The number of benzene rings is 2. The lowest BCUT2D eigenvalue weighted by Gasteiger charge is -2.24. The number of alkyl halides is 3. The number of anilines is 1. The van der Waals surface area contributed by atoms with E-state index in [1.165, 1.54) is 6.07 Å². The first-order valence-electron chi connectivity index (χ1n) is 12.3. The highest BCUT2D eigenvalue weighted by Crippen LogP contribution is 2.36. The summed E-state index contributed by atoms with van der Waals surface area (Å²) in [4.78, 5) is 24.7. The van der Waals surface area contributed by atoms with Gasteiger partial charge in [0.25, 0.3) is 0 Å². The second-order valence-electron chi connectivity index (χ2n) is 9.26. The van der Waals surface area contributed by atoms with Crippen molar-refractivity contribution >= 4 is 46.3 Å². The molecule has 0 aliphatic carbocycles. The van der Waals surface area contributed by atoms with Crippen LogP contribution in [-0.4, -0.2) is 44.8 Å². The summed E-state index contributed by atoms with van der Waals surface area (Å²) in [7, 11) is 0. The lowest BCUT2D eigenvalue weighted by Crippen LogP contribution is -2.32. The molecule has 0 radical (unpaired) electrons. The van der Waals surface area contributed by atoms with Crippen LogP contribution in [0.25, 0.3) is 22.6 Å². The maximum absolute atomic E-state index is 14.3. The lowest BCUT2D eigenvalue weighted by molar-refractivity contribution is -0.189. The summed E-state index contributed by atoms with van der Waals surface area (Å²) in [6.45, 7) is 2.46. The van der Waals surface area contributed by atoms with Crippen LogP contribution in [0.3, 0.4) is 0 Å². The quantitative estimate of drug-likeness (QED) is 0.153. The molecule has 4 aromatic rings. The standard InChI is InChI=1S/C26H22Cl2F4N6O2/c27-16-4-1-5-17(28)21(16)23-36-19-12-35-25(37-22(19)38(23)13-15-3-2-8-33-10-15)34-11-14-6-7-20(18(29)9-14)40-24(39)26(30,31)32/h1,4-7,9,12,15,33H,2-3,8,10-11,13H2,(H,34,35,37). The fourth-order valence-electron chi connectivity index (χ4n) is 4.49. The average molecular weight is 597 g/mol. The van der Waals surface area contributed by atoms with Crippen molar-refractivity contribution in [2.75, 3.05) is 18.4 Å². The SMILES string of the molecule is O=C(Oc1ccc(CNc2ncc3nc(-c4c(Cl)cccc4Cl)n(CC4CCCNC4)c3n2)cc1F)C(F)(F)F. The Morgan fingerprint density at radius 3 is 2.62 bits per heavy atom. The van der Waals surface area contributed by atoms with Crippen LogP contribution in [0.1, 0.15) is 18.4 Å². The van der Waals surface area contributed by atoms with Gasteiger partial charge < -0.3 is 19.9 Å². The van der Waals surface area contributed by atoms with Gasteiger partial charge in [0.1, 0.15) is 11.3 Å². The zero-order valence-corrected chi connectivity index (χ0v) is 22.2. The van der Waals surface area contributed by atoms with Gasteiger partial charge in [0.15, 0.2) is 17.2 Å². The molecule has 1 aliphatic heterocycles. The number of nitrogens with zero attached hydrogens (tertiary/aromatic N) is 4. The molecular weight excluding hydrogens is 575 g/mol. The highest BCUT2D eigenvalue weighted by atomic mass is 35.5. The molecule has 0 saturated carbocycles. The Hall–Kier alpha value is -3.48. The topological polar surface area (TPSA) is 94.0 Å². The monoisotopic (exact) mass is 596 g/mol. The molecule has 40 heavy (non-hydrogen) atoms. The molecule has 1 aliphatic rings. The smallest absolute Gasteiger partial charge is 0.417 e. The Kier molecular flexibility index (Phi) is 8.11. The van der Waals surface area contributed by atoms with Gasteiger partial charge in [-0.2, -0.15) is 18.2 Å². The number of hydrogen-bond donors (Lipinski definition) is 2. The number of halogens is 6. The van der Waals surface area contributed by atoms with Gasteiger partial charge in [-0.1, -0.05) is 35.3 Å². The highest BCUT2D eigenvalue weighted by Gasteiger charge is 2.41. The summed E-state index contributed by atoms with van der Waals surface area (Å²) >= 11 is 13.0. The van der Waals surface area contributed by atoms with Crippen molar-refractivity contribution in [2.24, 2.45) is 5.92 Å². The number of imidazole rings is 1. The Labute approximate surface area is 235 Å². The van der Waals surface area contributed by atoms with Crippen molar-refractivity contribution in [1.82, 2.24) is 24.8 Å². The van der Waals surface area contributed by atoms with E-state index in [1.54, 1.807) is 24.4 Å². The Bertz CT molecular complexity index is 1540. The summed E-state index contributed by atoms with van der Waals surface area (Å²) in [5.41, 5.74) is 2.03. The molecule has 210 valence electrons. The number of ether oxygens (including phenoxy) is 1. The van der Waals surface area contributed by atoms with Crippen LogP contribution >= 0.6 is 23.2 Å². The zero-order valence-electron chi connectivity index (χ0n) is 20.7. The fourth-order valence-corrected chi connectivity index (χ4v) is 5.06. The van der Waals surface area contributed by atoms with Crippen molar-refractivity contribution in [3.8, 4) is 17.1 Å². The predicted octanol–water partition coefficient (Wildman–Crippen LogP) is 6.02. The van der Waals surface area contributed by atoms with Crippen molar-refractivity contribution in [2.45, 2.75) is 32.1 Å². The Morgan fingerprint density at radius 1 is 1.18 bits per heavy atom. The second kappa shape index (κ2) is 11.6. The number of esters is 1. The summed E-state index contributed by atoms with van der Waals surface area (Å²) in [6.07, 6.45) is -1.61. The summed E-state index contributed by atoms with van der Waals surface area (Å²) in [6, 6.07) is 8.47. The number of carbonyl (C=O) groups excluding carboxylic acids is 1. The maximum atomic E-state index is 14.3. The van der Waals surface area contributed by atoms with Crippen LogP contribution in [0.2, 0.25) is 10.0 Å². The van der Waals surface area contributed by atoms with Gasteiger partial charge in [0.2, 0.25) is 5.95 Å². The van der Waals surface area contributed by atoms with Gasteiger partial charge in [-0.05, 0) is 61.7 Å². The third kappa shape index (κ3) is 6.13. The minimum Gasteiger partial charge on any atom is -0.417 e. The summed E-state index contributed by atoms with van der Waals surface area (Å²) in [5, 5.41) is 7.29. The third-order valence-electron chi connectivity index (χ3n) is 6.39. The van der Waals surface area contributed by atoms with E-state index in [9.17, 15) is 22.4 Å². The fraction of sp³-hybridized carbons (Fsp3) is 0.308. The van der Waals surface area contributed by atoms with Gasteiger partial charge in [0.05, 0.1) is 21.8 Å². The molecule has 2 aromatic carbocycles. The molecule has 2 N–H and O–H groups in total. The molecule has 1 unspecified atom stereocenters. The van der Waals surface area contributed by atoms with E-state index in [1.807, 2.05) is 4.57 Å². The molecule has 8 nitrogen and oxygen atoms in total. The third-order valence-corrected chi connectivity index (χ3v) is 7.02. The van der Waals surface area contributed by atoms with Gasteiger partial charge >= 0.3 is 12.1 Å². The second-order valence-corrected chi connectivity index (χ2v) is 10.1. The normalized spacial score (nSPS) is 15.8. The highest BCUT2D eigenvalue weighted by molar-refractivity contribution is 6.39. The van der Waals surface area contributed by atoms with Gasteiger partial charge in [-0.25, -0.2) is 19.2 Å². The molecule has 2 aromatic heterocycles. The van der Waals surface area contributed by atoms with Crippen LogP contribution < -0.4 is 15.4 Å². The average Bonchev–Trinajstić information content (AvgIpc) is 3.25. The minimum absolute atomic E-state index is 0.0415. The number of piperidine rings is 1. The number of nitrogens with one attached hydrogen (secondary N) is 2. The molecule has 14 heteroatoms. The maximum Gasteiger partial charge on any atom is 0.491 e. The Morgan fingerprint density at radius 2 is 1.95 bits per heavy atom. The lowest BCUT2D eigenvalue weighted by atomic mass is 9.99. The van der Waals surface area contributed by atoms with E-state index >= 15 is 0 Å². The molecule has 1 saturated heterocycles. The van der Waals surface area contributed by atoms with Gasteiger partial charge in [-0.15, -0.1) is 0 Å². The van der Waals surface area contributed by atoms with E-state index in [2.05, 4.69) is 25.3 Å². The zero-order chi connectivity index (χ0) is 28.4. The first-order valence-corrected chi connectivity index (χ1v) is 13.1. The van der Waals surface area contributed by atoms with Crippen molar-refractivity contribution in [3.05, 3.63) is 64.0 Å². The first kappa shape index (κ1) is 28.1. The van der Waals surface area contributed by atoms with E-state index in [-0.39, 0.29) is 12.5 Å². The van der Waals surface area contributed by atoms with E-state index in [4.69, 9.17) is 28.2 Å². The molecule has 3 heterocycles. The first-order chi connectivity index (χ1) is 19.1. The van der Waals surface area contributed by atoms with E-state index in [0.29, 0.717) is 50.6 Å². The number of carbonyl (C=O) groups is 1. The van der Waals surface area contributed by atoms with Crippen molar-refractivity contribution < 1.29 is 27.1 Å². The molecule has 0 bridgehead atoms. The molecule has 1 atom stereocenters. The van der Waals surface area contributed by atoms with E-state index in [0.717, 1.165) is 38.1 Å². The molecule has 1 fully saturated rings. The van der Waals surface area contributed by atoms with Crippen molar-refractivity contribution in [1.29, 1.82) is 0 Å². The number of hydrogen-bond acceptors (Lipinski definition) is 7. The van der Waals surface area contributed by atoms with Crippen LogP contribution in [0.5, 0.6) is 5.75 Å². The van der Waals surface area contributed by atoms with Crippen molar-refractivity contribution in [3.63, 3.8) is 0 Å². The predicted molar refractivity (Wildman–Crippen MR) is 142 cm³/mol. The number of fused-ring (bicyclic) bond motifs is 1. The molecule has 0 spiro atoms. The van der Waals surface area contributed by atoms with Gasteiger partial charge in [-0.3, -0.25) is 0 Å². The summed E-state index contributed by atoms with van der Waals surface area (Å²) in [5.74, 6) is -3.33. The van der Waals surface area contributed by atoms with Crippen LogP contribution in [0.4, 0.5) is 23.5 Å². The van der Waals surface area contributed by atoms with E-state index < -0.39 is 23.7 Å². The number of aromatic nitrogens is 4. The van der Waals surface area contributed by atoms with Crippen LogP contribution in [0, 0.1) is 11.7 Å². The number of rotatable bonds is 7. The molecule has 0 amide bonds. The largest absolute Gasteiger partial charge is 0.491 e. The molecular formula is C26H22Cl2F4N6O2. The van der Waals surface area contributed by atoms with Crippen LogP contribution in [-0.2, 0) is 17.9 Å². The Balaban J connectivity index is 1.42. The minimum atomic E-state index is -5.24. The molecule has 5 rings (SSSR count). The van der Waals surface area contributed by atoms with Gasteiger partial charge in [0, 0.05) is 13.1 Å².